The summed E-state index contributed by atoms with van der Waals surface area (Å²) >= 11 is 0. The van der Waals surface area contributed by atoms with Gasteiger partial charge in [-0.15, -0.1) is 0 Å². The van der Waals surface area contributed by atoms with E-state index in [1.165, 1.54) is 19.3 Å². The van der Waals surface area contributed by atoms with E-state index in [9.17, 15) is 4.79 Å². The van der Waals surface area contributed by atoms with Gasteiger partial charge in [-0.25, -0.2) is 4.79 Å². The lowest BCUT2D eigenvalue weighted by Gasteiger charge is -2.25. The van der Waals surface area contributed by atoms with Crippen molar-refractivity contribution < 1.29 is 14.4 Å². The Morgan fingerprint density at radius 3 is 2.53 bits per heavy atom. The van der Waals surface area contributed by atoms with Gasteiger partial charge in [-0.3, -0.25) is 4.84 Å². The number of hydrogen-bond acceptors (Lipinski definition) is 4. The molecule has 0 bridgehead atoms. The number of piperidine rings is 1. The van der Waals surface area contributed by atoms with Crippen molar-refractivity contribution in [3.63, 3.8) is 0 Å². The molecule has 4 heteroatoms. The van der Waals surface area contributed by atoms with Crippen LogP contribution in [0.1, 0.15) is 26.2 Å². The first-order valence-electron chi connectivity index (χ1n) is 5.40. The lowest BCUT2D eigenvalue weighted by atomic mass is 10.2. The zero-order valence-electron chi connectivity index (χ0n) is 9.33. The standard InChI is InChI=1S/C11H19NO3/c1-10(2)11(13)14-8-9-15-12-6-4-3-5-7-12/h1,3-9H2,2H3. The van der Waals surface area contributed by atoms with Crippen LogP contribution in [0.5, 0.6) is 0 Å². The second kappa shape index (κ2) is 6.58. The summed E-state index contributed by atoms with van der Waals surface area (Å²) in [5.41, 5.74) is 0.424. The van der Waals surface area contributed by atoms with Gasteiger partial charge in [0.1, 0.15) is 13.2 Å². The summed E-state index contributed by atoms with van der Waals surface area (Å²) in [6.45, 7) is 7.82. The Morgan fingerprint density at radius 1 is 1.27 bits per heavy atom. The summed E-state index contributed by atoms with van der Waals surface area (Å²) < 4.78 is 4.90. The predicted octanol–water partition coefficient (Wildman–Crippen LogP) is 1.52. The molecule has 0 aromatic heterocycles. The van der Waals surface area contributed by atoms with E-state index in [-0.39, 0.29) is 5.97 Å². The number of esters is 1. The number of nitrogens with zero attached hydrogens (tertiary/aromatic N) is 1. The first-order chi connectivity index (χ1) is 7.20. The number of hydrogen-bond donors (Lipinski definition) is 0. The molecule has 0 amide bonds. The summed E-state index contributed by atoms with van der Waals surface area (Å²) in [6, 6.07) is 0. The smallest absolute Gasteiger partial charge is 0.333 e. The van der Waals surface area contributed by atoms with Crippen LogP contribution in [0.2, 0.25) is 0 Å². The van der Waals surface area contributed by atoms with Gasteiger partial charge in [-0.05, 0) is 19.8 Å². The van der Waals surface area contributed by atoms with E-state index in [1.54, 1.807) is 6.92 Å². The SMILES string of the molecule is C=C(C)C(=O)OCCON1CCCCC1. The Morgan fingerprint density at radius 2 is 1.93 bits per heavy atom. The van der Waals surface area contributed by atoms with Gasteiger partial charge >= 0.3 is 5.97 Å². The molecule has 0 aromatic carbocycles. The van der Waals surface area contributed by atoms with E-state index in [1.807, 2.05) is 5.06 Å². The molecule has 0 aromatic rings. The van der Waals surface area contributed by atoms with Crippen LogP contribution >= 0.6 is 0 Å². The molecular weight excluding hydrogens is 194 g/mol. The van der Waals surface area contributed by atoms with Crippen molar-refractivity contribution >= 4 is 5.97 Å². The molecule has 4 nitrogen and oxygen atoms in total. The highest BCUT2D eigenvalue weighted by atomic mass is 16.7. The van der Waals surface area contributed by atoms with Crippen LogP contribution in [0.4, 0.5) is 0 Å². The Labute approximate surface area is 90.8 Å². The highest BCUT2D eigenvalue weighted by molar-refractivity contribution is 5.86. The van der Waals surface area contributed by atoms with Crippen LogP contribution < -0.4 is 0 Å². The Hall–Kier alpha value is -0.870. The van der Waals surface area contributed by atoms with Gasteiger partial charge in [-0.2, -0.15) is 5.06 Å². The number of carbonyl (C=O) groups is 1. The minimum absolute atomic E-state index is 0.294. The van der Waals surface area contributed by atoms with Crippen molar-refractivity contribution in [3.8, 4) is 0 Å². The Balaban J connectivity index is 2.01. The van der Waals surface area contributed by atoms with Crippen LogP contribution in [0.25, 0.3) is 0 Å². The van der Waals surface area contributed by atoms with E-state index < -0.39 is 0 Å². The molecular formula is C11H19NO3. The minimum Gasteiger partial charge on any atom is -0.460 e. The minimum atomic E-state index is -0.350. The molecule has 0 spiro atoms. The zero-order valence-corrected chi connectivity index (χ0v) is 9.33. The fourth-order valence-electron chi connectivity index (χ4n) is 1.42. The highest BCUT2D eigenvalue weighted by Crippen LogP contribution is 2.08. The molecule has 0 atom stereocenters. The van der Waals surface area contributed by atoms with Crippen LogP contribution in [-0.2, 0) is 14.4 Å². The lowest BCUT2D eigenvalue weighted by Crippen LogP contribution is -2.31. The predicted molar refractivity (Wildman–Crippen MR) is 57.1 cm³/mol. The molecule has 1 heterocycles. The van der Waals surface area contributed by atoms with E-state index in [2.05, 4.69) is 6.58 Å². The number of hydroxylamine groups is 2. The quantitative estimate of drug-likeness (QED) is 0.394. The van der Waals surface area contributed by atoms with Gasteiger partial charge < -0.3 is 4.74 Å². The van der Waals surface area contributed by atoms with Crippen LogP contribution in [-0.4, -0.2) is 37.3 Å². The first kappa shape index (κ1) is 12.2. The van der Waals surface area contributed by atoms with Crippen LogP contribution in [0.3, 0.4) is 0 Å². The van der Waals surface area contributed by atoms with Crippen LogP contribution in [0, 0.1) is 0 Å². The topological polar surface area (TPSA) is 38.8 Å². The third-order valence-corrected chi connectivity index (χ3v) is 2.25. The van der Waals surface area contributed by atoms with E-state index in [0.717, 1.165) is 13.1 Å². The summed E-state index contributed by atoms with van der Waals surface area (Å²) in [5.74, 6) is -0.350. The fraction of sp³-hybridized carbons (Fsp3) is 0.727. The van der Waals surface area contributed by atoms with Crippen molar-refractivity contribution in [2.45, 2.75) is 26.2 Å². The molecule has 86 valence electrons. The monoisotopic (exact) mass is 213 g/mol. The van der Waals surface area contributed by atoms with Crippen molar-refractivity contribution in [2.75, 3.05) is 26.3 Å². The molecule has 0 aliphatic carbocycles. The van der Waals surface area contributed by atoms with Gasteiger partial charge in [0.2, 0.25) is 0 Å². The van der Waals surface area contributed by atoms with Gasteiger partial charge in [0.05, 0.1) is 0 Å². The fourth-order valence-corrected chi connectivity index (χ4v) is 1.42. The highest BCUT2D eigenvalue weighted by Gasteiger charge is 2.10. The number of rotatable bonds is 5. The number of ether oxygens (including phenoxy) is 1. The van der Waals surface area contributed by atoms with Crippen molar-refractivity contribution in [1.82, 2.24) is 5.06 Å². The maximum absolute atomic E-state index is 11.0. The first-order valence-corrected chi connectivity index (χ1v) is 5.40. The summed E-state index contributed by atoms with van der Waals surface area (Å²) in [6.07, 6.45) is 3.65. The van der Waals surface area contributed by atoms with Gasteiger partial charge in [0.15, 0.2) is 0 Å². The molecule has 1 aliphatic heterocycles. The molecule has 0 saturated carbocycles. The maximum atomic E-state index is 11.0. The molecule has 1 saturated heterocycles. The second-order valence-electron chi connectivity index (χ2n) is 3.74. The molecule has 1 rings (SSSR count). The van der Waals surface area contributed by atoms with Crippen molar-refractivity contribution in [3.05, 3.63) is 12.2 Å². The third-order valence-electron chi connectivity index (χ3n) is 2.25. The largest absolute Gasteiger partial charge is 0.460 e. The lowest BCUT2D eigenvalue weighted by molar-refractivity contribution is -0.180. The van der Waals surface area contributed by atoms with Crippen molar-refractivity contribution in [2.24, 2.45) is 0 Å². The Bertz CT molecular complexity index is 222. The van der Waals surface area contributed by atoms with E-state index in [0.29, 0.717) is 18.8 Å². The summed E-state index contributed by atoms with van der Waals surface area (Å²) in [4.78, 5) is 16.4. The van der Waals surface area contributed by atoms with Crippen LogP contribution in [0.15, 0.2) is 12.2 Å². The molecule has 0 radical (unpaired) electrons. The van der Waals surface area contributed by atoms with E-state index in [4.69, 9.17) is 9.57 Å². The zero-order chi connectivity index (χ0) is 11.1. The maximum Gasteiger partial charge on any atom is 0.333 e. The van der Waals surface area contributed by atoms with Gasteiger partial charge in [0, 0.05) is 18.7 Å². The normalized spacial score (nSPS) is 17.4. The molecule has 15 heavy (non-hydrogen) atoms. The van der Waals surface area contributed by atoms with Gasteiger partial charge in [0.25, 0.3) is 0 Å². The number of carbonyl (C=O) groups excluding carboxylic acids is 1. The average molecular weight is 213 g/mol. The summed E-state index contributed by atoms with van der Waals surface area (Å²) in [7, 11) is 0. The molecule has 1 fully saturated rings. The molecule has 0 unspecified atom stereocenters. The average Bonchev–Trinajstić information content (AvgIpc) is 2.25. The molecule has 0 N–H and O–H groups in total. The Kier molecular flexibility index (Phi) is 5.36. The van der Waals surface area contributed by atoms with Gasteiger partial charge in [-0.1, -0.05) is 13.0 Å². The van der Waals surface area contributed by atoms with Crippen molar-refractivity contribution in [1.29, 1.82) is 0 Å². The third kappa shape index (κ3) is 4.95. The van der Waals surface area contributed by atoms with E-state index >= 15 is 0 Å². The molecule has 1 aliphatic rings. The summed E-state index contributed by atoms with van der Waals surface area (Å²) in [5, 5.41) is 1.94. The second-order valence-corrected chi connectivity index (χ2v) is 3.74.